The molecule has 8 aromatic rings. The van der Waals surface area contributed by atoms with Crippen LogP contribution in [0.2, 0.25) is 0 Å². The van der Waals surface area contributed by atoms with E-state index in [0.29, 0.717) is 22.7 Å². The minimum absolute atomic E-state index is 0.558. The SMILES string of the molecule is CC/C=C(\C1=C(\C)CCCCCc2ccccc21)c1ccc2c(c1)oc1c(-c3nc(-c4ccc(C#N)cc4)nc4c3oc3ccccc34)cccc12. The molecule has 3 heterocycles. The van der Waals surface area contributed by atoms with Crippen molar-refractivity contribution >= 4 is 55.2 Å². The van der Waals surface area contributed by atoms with E-state index in [2.05, 4.69) is 80.6 Å². The standard InChI is InChI=1S/C47H37N3O2/c1-3-12-34(42-29(2)13-5-4-6-14-31-15-7-8-16-35(31)42)33-25-26-36-37-18-11-19-39(45(37)52-41(36)27-33)44-46-43(38-17-9-10-20-40(38)51-46)49-47(50-44)32-23-21-30(28-48)22-24-32/h7-12,15-27H,3-6,13-14H2,1-2H3/b34-12-,42-29+. The van der Waals surface area contributed by atoms with Gasteiger partial charge < -0.3 is 8.83 Å². The molecule has 5 aromatic carbocycles. The molecule has 5 heteroatoms. The summed E-state index contributed by atoms with van der Waals surface area (Å²) in [6.45, 7) is 4.54. The molecule has 1 aliphatic carbocycles. The maximum Gasteiger partial charge on any atom is 0.180 e. The molecule has 0 spiro atoms. The van der Waals surface area contributed by atoms with Gasteiger partial charge in [0.05, 0.1) is 11.6 Å². The van der Waals surface area contributed by atoms with E-state index < -0.39 is 0 Å². The van der Waals surface area contributed by atoms with Gasteiger partial charge in [-0.1, -0.05) is 79.6 Å². The third-order valence-electron chi connectivity index (χ3n) is 10.4. The van der Waals surface area contributed by atoms with Crippen molar-refractivity contribution in [3.63, 3.8) is 0 Å². The lowest BCUT2D eigenvalue weighted by Crippen LogP contribution is -1.99. The lowest BCUT2D eigenvalue weighted by atomic mass is 9.85. The Kier molecular flexibility index (Phi) is 8.01. The van der Waals surface area contributed by atoms with Gasteiger partial charge in [0.2, 0.25) is 0 Å². The number of aryl methyl sites for hydroxylation is 1. The van der Waals surface area contributed by atoms with Crippen molar-refractivity contribution in [1.29, 1.82) is 5.26 Å². The average molecular weight is 676 g/mol. The second-order valence-corrected chi connectivity index (χ2v) is 13.8. The van der Waals surface area contributed by atoms with E-state index in [1.807, 2.05) is 42.5 Å². The van der Waals surface area contributed by atoms with Crippen LogP contribution in [0.15, 0.2) is 130 Å². The number of rotatable bonds is 5. The van der Waals surface area contributed by atoms with Crippen LogP contribution < -0.4 is 0 Å². The first-order valence-electron chi connectivity index (χ1n) is 18.3. The van der Waals surface area contributed by atoms with Crippen molar-refractivity contribution in [3.8, 4) is 28.7 Å². The second-order valence-electron chi connectivity index (χ2n) is 13.8. The summed E-state index contributed by atoms with van der Waals surface area (Å²) in [7, 11) is 0. The number of aromatic nitrogens is 2. The zero-order chi connectivity index (χ0) is 35.2. The first kappa shape index (κ1) is 31.7. The Balaban J connectivity index is 1.24. The zero-order valence-electron chi connectivity index (χ0n) is 29.4. The molecule has 0 atom stereocenters. The van der Waals surface area contributed by atoms with E-state index in [0.717, 1.165) is 74.4 Å². The molecule has 0 unspecified atom stereocenters. The first-order chi connectivity index (χ1) is 25.6. The van der Waals surface area contributed by atoms with Crippen molar-refractivity contribution in [1.82, 2.24) is 9.97 Å². The van der Waals surface area contributed by atoms with E-state index in [1.54, 1.807) is 12.1 Å². The Hall–Kier alpha value is -6.25. The highest BCUT2D eigenvalue weighted by Gasteiger charge is 2.23. The van der Waals surface area contributed by atoms with Crippen LogP contribution in [0, 0.1) is 11.3 Å². The summed E-state index contributed by atoms with van der Waals surface area (Å²) in [6, 6.07) is 39.4. The molecule has 0 amide bonds. The highest BCUT2D eigenvalue weighted by atomic mass is 16.3. The van der Waals surface area contributed by atoms with Crippen LogP contribution in [-0.4, -0.2) is 9.97 Å². The predicted octanol–water partition coefficient (Wildman–Crippen LogP) is 12.9. The normalized spacial score (nSPS) is 15.4. The third-order valence-corrected chi connectivity index (χ3v) is 10.4. The molecule has 0 saturated carbocycles. The molecule has 0 radical (unpaired) electrons. The first-order valence-corrected chi connectivity index (χ1v) is 18.3. The van der Waals surface area contributed by atoms with Crippen LogP contribution >= 0.6 is 0 Å². The minimum Gasteiger partial charge on any atom is -0.455 e. The molecule has 0 saturated heterocycles. The fraction of sp³-hybridized carbons (Fsp3) is 0.170. The number of furan rings is 2. The summed E-state index contributed by atoms with van der Waals surface area (Å²) in [5, 5.41) is 12.4. The van der Waals surface area contributed by atoms with Gasteiger partial charge in [-0.15, -0.1) is 0 Å². The van der Waals surface area contributed by atoms with Gasteiger partial charge >= 0.3 is 0 Å². The van der Waals surface area contributed by atoms with E-state index >= 15 is 0 Å². The van der Waals surface area contributed by atoms with Gasteiger partial charge in [-0.3, -0.25) is 0 Å². The van der Waals surface area contributed by atoms with Crippen LogP contribution in [0.1, 0.15) is 68.2 Å². The predicted molar refractivity (Wildman–Crippen MR) is 212 cm³/mol. The molecule has 5 nitrogen and oxygen atoms in total. The summed E-state index contributed by atoms with van der Waals surface area (Å²) in [5.74, 6) is 0.558. The number of allylic oxidation sites excluding steroid dienone is 4. The number of fused-ring (bicyclic) bond motifs is 7. The van der Waals surface area contributed by atoms with Gasteiger partial charge in [-0.25, -0.2) is 9.97 Å². The Morgan fingerprint density at radius 1 is 0.731 bits per heavy atom. The Labute approximate surface area is 302 Å². The number of nitrogens with zero attached hydrogens (tertiary/aromatic N) is 3. The molecular formula is C47H37N3O2. The molecule has 0 N–H and O–H groups in total. The number of para-hydroxylation sites is 2. The second kappa shape index (κ2) is 13.1. The van der Waals surface area contributed by atoms with Crippen LogP contribution in [0.5, 0.6) is 0 Å². The summed E-state index contributed by atoms with van der Waals surface area (Å²) in [4.78, 5) is 10.1. The molecule has 3 aromatic heterocycles. The fourth-order valence-corrected chi connectivity index (χ4v) is 7.91. The summed E-state index contributed by atoms with van der Waals surface area (Å²) < 4.78 is 13.4. The molecule has 9 rings (SSSR count). The van der Waals surface area contributed by atoms with Crippen molar-refractivity contribution in [2.45, 2.75) is 52.4 Å². The Morgan fingerprint density at radius 3 is 2.37 bits per heavy atom. The molecular weight excluding hydrogens is 639 g/mol. The molecule has 0 bridgehead atoms. The van der Waals surface area contributed by atoms with Crippen molar-refractivity contribution in [3.05, 3.63) is 143 Å². The van der Waals surface area contributed by atoms with Crippen molar-refractivity contribution in [2.75, 3.05) is 0 Å². The number of hydrogen-bond donors (Lipinski definition) is 0. The van der Waals surface area contributed by atoms with Gasteiger partial charge in [-0.05, 0) is 121 Å². The maximum absolute atomic E-state index is 9.40. The van der Waals surface area contributed by atoms with E-state index in [4.69, 9.17) is 18.8 Å². The maximum atomic E-state index is 9.40. The zero-order valence-corrected chi connectivity index (χ0v) is 29.4. The molecule has 252 valence electrons. The highest BCUT2D eigenvalue weighted by Crippen LogP contribution is 2.43. The number of hydrogen-bond acceptors (Lipinski definition) is 5. The largest absolute Gasteiger partial charge is 0.455 e. The summed E-state index contributed by atoms with van der Waals surface area (Å²) in [6.07, 6.45) is 9.20. The van der Waals surface area contributed by atoms with Crippen molar-refractivity contribution in [2.24, 2.45) is 0 Å². The van der Waals surface area contributed by atoms with Gasteiger partial charge in [-0.2, -0.15) is 5.26 Å². The van der Waals surface area contributed by atoms with Crippen LogP contribution in [0.3, 0.4) is 0 Å². The minimum atomic E-state index is 0.558. The van der Waals surface area contributed by atoms with Gasteiger partial charge in [0.15, 0.2) is 11.4 Å². The summed E-state index contributed by atoms with van der Waals surface area (Å²) >= 11 is 0. The summed E-state index contributed by atoms with van der Waals surface area (Å²) in [5.41, 5.74) is 14.6. The van der Waals surface area contributed by atoms with Gasteiger partial charge in [0, 0.05) is 27.3 Å². The number of benzene rings is 5. The quantitative estimate of drug-likeness (QED) is 0.181. The average Bonchev–Trinajstić information content (AvgIpc) is 3.77. The smallest absolute Gasteiger partial charge is 0.180 e. The lowest BCUT2D eigenvalue weighted by molar-refractivity contribution is 0.662. The molecule has 0 fully saturated rings. The fourth-order valence-electron chi connectivity index (χ4n) is 7.91. The number of nitriles is 1. The van der Waals surface area contributed by atoms with Gasteiger partial charge in [0.1, 0.15) is 28.0 Å². The Bertz CT molecular complexity index is 2770. The monoisotopic (exact) mass is 675 g/mol. The third kappa shape index (κ3) is 5.39. The van der Waals surface area contributed by atoms with E-state index in [1.165, 1.54) is 47.1 Å². The molecule has 0 aliphatic heterocycles. The van der Waals surface area contributed by atoms with Crippen molar-refractivity contribution < 1.29 is 8.83 Å². The highest BCUT2D eigenvalue weighted by molar-refractivity contribution is 6.15. The molecule has 52 heavy (non-hydrogen) atoms. The molecule has 1 aliphatic rings. The Morgan fingerprint density at radius 2 is 1.50 bits per heavy atom. The van der Waals surface area contributed by atoms with Crippen LogP contribution in [-0.2, 0) is 6.42 Å². The van der Waals surface area contributed by atoms with Crippen LogP contribution in [0.4, 0.5) is 0 Å². The van der Waals surface area contributed by atoms with Crippen LogP contribution in [0.25, 0.3) is 77.8 Å². The lowest BCUT2D eigenvalue weighted by Gasteiger charge is -2.19. The topological polar surface area (TPSA) is 75.8 Å². The van der Waals surface area contributed by atoms with Gasteiger partial charge in [0.25, 0.3) is 0 Å². The van der Waals surface area contributed by atoms with E-state index in [-0.39, 0.29) is 0 Å². The van der Waals surface area contributed by atoms with E-state index in [9.17, 15) is 5.26 Å².